The van der Waals surface area contributed by atoms with Crippen LogP contribution in [0.15, 0.2) is 6.07 Å². The summed E-state index contributed by atoms with van der Waals surface area (Å²) in [6, 6.07) is 5.10. The van der Waals surface area contributed by atoms with Crippen LogP contribution in [0, 0.1) is 19.6 Å². The van der Waals surface area contributed by atoms with Crippen molar-refractivity contribution in [1.29, 1.82) is 5.26 Å². The summed E-state index contributed by atoms with van der Waals surface area (Å²) in [6.45, 7) is 4.74. The molecule has 2 rings (SSSR count). The van der Waals surface area contributed by atoms with Gasteiger partial charge in [-0.05, 0) is 67.3 Å². The SMILES string of the molecule is CC(C)(C#N)CNC1CCCc2sc(I)cc21. The molecule has 1 aliphatic carbocycles. The molecule has 1 atom stereocenters. The second-order valence-electron chi connectivity index (χ2n) is 5.25. The van der Waals surface area contributed by atoms with Crippen molar-refractivity contribution in [2.24, 2.45) is 5.41 Å². The fourth-order valence-electron chi connectivity index (χ4n) is 2.15. The average Bonchev–Trinajstić information content (AvgIpc) is 2.67. The Kier molecular flexibility index (Phi) is 4.11. The van der Waals surface area contributed by atoms with Gasteiger partial charge in [0, 0.05) is 17.5 Å². The van der Waals surface area contributed by atoms with Crippen molar-refractivity contribution in [2.75, 3.05) is 6.54 Å². The lowest BCUT2D eigenvalue weighted by atomic mass is 9.91. The number of fused-ring (bicyclic) bond motifs is 1. The summed E-state index contributed by atoms with van der Waals surface area (Å²) < 4.78 is 1.38. The zero-order chi connectivity index (χ0) is 12.5. The summed E-state index contributed by atoms with van der Waals surface area (Å²) in [6.07, 6.45) is 3.68. The summed E-state index contributed by atoms with van der Waals surface area (Å²) >= 11 is 4.32. The van der Waals surface area contributed by atoms with E-state index in [9.17, 15) is 0 Å². The van der Waals surface area contributed by atoms with Crippen molar-refractivity contribution in [2.45, 2.75) is 39.2 Å². The van der Waals surface area contributed by atoms with Crippen LogP contribution in [0.4, 0.5) is 0 Å². The first kappa shape index (κ1) is 13.3. The number of hydrogen-bond donors (Lipinski definition) is 1. The number of rotatable bonds is 3. The lowest BCUT2D eigenvalue weighted by Gasteiger charge is -2.26. The Balaban J connectivity index is 2.07. The minimum absolute atomic E-state index is 0.277. The molecule has 4 heteroatoms. The van der Waals surface area contributed by atoms with Gasteiger partial charge in [-0.1, -0.05) is 0 Å². The van der Waals surface area contributed by atoms with Crippen molar-refractivity contribution in [1.82, 2.24) is 5.32 Å². The quantitative estimate of drug-likeness (QED) is 0.831. The Morgan fingerprint density at radius 2 is 2.41 bits per heavy atom. The standard InChI is InChI=1S/C13H17IN2S/c1-13(2,7-15)8-16-10-4-3-5-11-9(10)6-12(14)17-11/h6,10,16H,3-5,8H2,1-2H3. The van der Waals surface area contributed by atoms with Crippen LogP contribution in [0.3, 0.4) is 0 Å². The first-order valence-corrected chi connectivity index (χ1v) is 7.84. The Morgan fingerprint density at radius 3 is 3.12 bits per heavy atom. The van der Waals surface area contributed by atoms with E-state index in [0.717, 1.165) is 6.54 Å². The lowest BCUT2D eigenvalue weighted by Crippen LogP contribution is -2.32. The number of aryl methyl sites for hydroxylation is 1. The van der Waals surface area contributed by atoms with Gasteiger partial charge in [-0.25, -0.2) is 0 Å². The number of nitrogens with one attached hydrogen (secondary N) is 1. The van der Waals surface area contributed by atoms with Crippen LogP contribution < -0.4 is 5.32 Å². The van der Waals surface area contributed by atoms with Crippen LogP contribution >= 0.6 is 33.9 Å². The number of nitrogens with zero attached hydrogens (tertiary/aromatic N) is 1. The van der Waals surface area contributed by atoms with Crippen LogP contribution in [0.1, 0.15) is 43.2 Å². The first-order valence-electron chi connectivity index (χ1n) is 5.94. The highest BCUT2D eigenvalue weighted by Gasteiger charge is 2.25. The van der Waals surface area contributed by atoms with E-state index < -0.39 is 0 Å². The molecule has 0 saturated carbocycles. The molecule has 2 nitrogen and oxygen atoms in total. The maximum absolute atomic E-state index is 9.03. The minimum atomic E-state index is -0.277. The van der Waals surface area contributed by atoms with E-state index in [2.05, 4.69) is 40.0 Å². The Hall–Kier alpha value is -0.120. The molecule has 1 aromatic rings. The van der Waals surface area contributed by atoms with Gasteiger partial charge in [-0.3, -0.25) is 0 Å². The largest absolute Gasteiger partial charge is 0.308 e. The molecule has 0 spiro atoms. The monoisotopic (exact) mass is 360 g/mol. The van der Waals surface area contributed by atoms with E-state index >= 15 is 0 Å². The average molecular weight is 360 g/mol. The van der Waals surface area contributed by atoms with Gasteiger partial charge in [-0.15, -0.1) is 11.3 Å². The van der Waals surface area contributed by atoms with Gasteiger partial charge >= 0.3 is 0 Å². The zero-order valence-corrected chi connectivity index (χ0v) is 13.2. The minimum Gasteiger partial charge on any atom is -0.308 e. The third-order valence-corrected chi connectivity index (χ3v) is 5.15. The number of halogens is 1. The van der Waals surface area contributed by atoms with E-state index in [1.807, 2.05) is 25.2 Å². The molecule has 0 radical (unpaired) electrons. The van der Waals surface area contributed by atoms with Crippen molar-refractivity contribution < 1.29 is 0 Å². The van der Waals surface area contributed by atoms with Crippen LogP contribution in [0.25, 0.3) is 0 Å². The summed E-state index contributed by atoms with van der Waals surface area (Å²) in [5.74, 6) is 0. The molecule has 1 heterocycles. The molecule has 92 valence electrons. The van der Waals surface area contributed by atoms with Crippen molar-refractivity contribution in [3.63, 3.8) is 0 Å². The van der Waals surface area contributed by atoms with Crippen LogP contribution in [0.5, 0.6) is 0 Å². The Bertz CT molecular complexity index is 445. The predicted octanol–water partition coefficient (Wildman–Crippen LogP) is 3.87. The van der Waals surface area contributed by atoms with Crippen LogP contribution in [-0.4, -0.2) is 6.54 Å². The van der Waals surface area contributed by atoms with Gasteiger partial charge in [0.05, 0.1) is 14.4 Å². The van der Waals surface area contributed by atoms with Crippen molar-refractivity contribution in [3.05, 3.63) is 19.4 Å². The molecule has 0 saturated heterocycles. The molecule has 1 unspecified atom stereocenters. The van der Waals surface area contributed by atoms with Gasteiger partial charge in [-0.2, -0.15) is 5.26 Å². The molecule has 0 bridgehead atoms. The summed E-state index contributed by atoms with van der Waals surface area (Å²) in [4.78, 5) is 1.54. The molecule has 0 aromatic carbocycles. The summed E-state index contributed by atoms with van der Waals surface area (Å²) in [7, 11) is 0. The van der Waals surface area contributed by atoms with Gasteiger partial charge in [0.25, 0.3) is 0 Å². The molecular formula is C13H17IN2S. The van der Waals surface area contributed by atoms with Crippen LogP contribution in [-0.2, 0) is 6.42 Å². The highest BCUT2D eigenvalue weighted by Crippen LogP contribution is 2.36. The number of hydrogen-bond acceptors (Lipinski definition) is 3. The van der Waals surface area contributed by atoms with Gasteiger partial charge in [0.1, 0.15) is 0 Å². The fourth-order valence-corrected chi connectivity index (χ4v) is 4.27. The van der Waals surface area contributed by atoms with Crippen molar-refractivity contribution in [3.8, 4) is 6.07 Å². The summed E-state index contributed by atoms with van der Waals surface area (Å²) in [5.41, 5.74) is 1.19. The second-order valence-corrected chi connectivity index (χ2v) is 8.28. The highest BCUT2D eigenvalue weighted by atomic mass is 127. The molecule has 0 fully saturated rings. The van der Waals surface area contributed by atoms with Crippen molar-refractivity contribution >= 4 is 33.9 Å². The topological polar surface area (TPSA) is 35.8 Å². The molecule has 17 heavy (non-hydrogen) atoms. The maximum atomic E-state index is 9.03. The molecule has 1 N–H and O–H groups in total. The molecule has 1 aliphatic rings. The molecular weight excluding hydrogens is 343 g/mol. The number of nitriles is 1. The van der Waals surface area contributed by atoms with E-state index in [1.165, 1.54) is 32.6 Å². The van der Waals surface area contributed by atoms with E-state index in [-0.39, 0.29) is 5.41 Å². The first-order chi connectivity index (χ1) is 8.02. The fraction of sp³-hybridized carbons (Fsp3) is 0.615. The van der Waals surface area contributed by atoms with E-state index in [1.54, 1.807) is 0 Å². The Morgan fingerprint density at radius 1 is 1.65 bits per heavy atom. The lowest BCUT2D eigenvalue weighted by molar-refractivity contribution is 0.380. The zero-order valence-electron chi connectivity index (χ0n) is 10.2. The van der Waals surface area contributed by atoms with Gasteiger partial charge in [0.15, 0.2) is 0 Å². The molecule has 0 aliphatic heterocycles. The predicted molar refractivity (Wildman–Crippen MR) is 80.1 cm³/mol. The Labute approximate surface area is 121 Å². The molecule has 1 aromatic heterocycles. The third kappa shape index (κ3) is 3.21. The van der Waals surface area contributed by atoms with Crippen LogP contribution in [0.2, 0.25) is 0 Å². The third-order valence-electron chi connectivity index (χ3n) is 3.18. The highest BCUT2D eigenvalue weighted by molar-refractivity contribution is 14.1. The van der Waals surface area contributed by atoms with E-state index in [0.29, 0.717) is 6.04 Å². The number of thiophene rings is 1. The van der Waals surface area contributed by atoms with E-state index in [4.69, 9.17) is 5.26 Å². The smallest absolute Gasteiger partial charge is 0.0697 e. The van der Waals surface area contributed by atoms with Gasteiger partial charge in [0.2, 0.25) is 0 Å². The summed E-state index contributed by atoms with van der Waals surface area (Å²) in [5, 5.41) is 12.6. The normalized spacial score (nSPS) is 19.8. The molecule has 0 amide bonds. The second kappa shape index (κ2) is 5.25. The maximum Gasteiger partial charge on any atom is 0.0697 e. The van der Waals surface area contributed by atoms with Gasteiger partial charge < -0.3 is 5.32 Å².